The predicted octanol–water partition coefficient (Wildman–Crippen LogP) is 4.13. The second-order valence-corrected chi connectivity index (χ2v) is 7.83. The van der Waals surface area contributed by atoms with Gasteiger partial charge in [0, 0.05) is 17.9 Å². The van der Waals surface area contributed by atoms with Crippen LogP contribution < -0.4 is 20.1 Å². The van der Waals surface area contributed by atoms with Crippen molar-refractivity contribution in [2.75, 3.05) is 24.4 Å². The summed E-state index contributed by atoms with van der Waals surface area (Å²) in [5, 5.41) is 24.0. The monoisotopic (exact) mass is 507 g/mol. The van der Waals surface area contributed by atoms with Gasteiger partial charge in [-0.05, 0) is 24.3 Å². The number of hydrogen-bond donors (Lipinski definition) is 4. The van der Waals surface area contributed by atoms with E-state index in [0.29, 0.717) is 0 Å². The van der Waals surface area contributed by atoms with E-state index in [1.54, 1.807) is 0 Å². The minimum Gasteiger partial charge on any atom is -0.493 e. The number of Topliss-reactive ketones (excluding diaryl/α,β-unsaturated/α-hetero) is 1. The Bertz CT molecular complexity index is 1250. The molecular weight excluding hydrogens is 488 g/mol. The summed E-state index contributed by atoms with van der Waals surface area (Å²) in [6.07, 6.45) is -0.468. The average molecular weight is 507 g/mol. The smallest absolute Gasteiger partial charge is 0.325 e. The minimum atomic E-state index is -1.32. The molecule has 1 atom stereocenters. The lowest BCUT2D eigenvalue weighted by molar-refractivity contribution is -0.142. The Balaban J connectivity index is 1.72. The summed E-state index contributed by atoms with van der Waals surface area (Å²) in [5.74, 6) is -4.94. The van der Waals surface area contributed by atoms with Gasteiger partial charge in [-0.15, -0.1) is 11.3 Å². The van der Waals surface area contributed by atoms with Crippen molar-refractivity contribution in [3.8, 4) is 17.2 Å². The fourth-order valence-electron chi connectivity index (χ4n) is 2.82. The van der Waals surface area contributed by atoms with Crippen LogP contribution in [-0.2, 0) is 4.79 Å². The summed E-state index contributed by atoms with van der Waals surface area (Å²) in [5.41, 5.74) is -0.223. The topological polar surface area (TPSA) is 147 Å². The number of aliphatic hydroxyl groups excluding tert-OH is 1. The highest BCUT2D eigenvalue weighted by Gasteiger charge is 2.23. The van der Waals surface area contributed by atoms with Crippen molar-refractivity contribution in [3.63, 3.8) is 0 Å². The van der Waals surface area contributed by atoms with Gasteiger partial charge in [0.1, 0.15) is 11.5 Å². The number of aliphatic carboxylic acids is 1. The molecule has 0 saturated heterocycles. The van der Waals surface area contributed by atoms with E-state index in [-0.39, 0.29) is 33.8 Å². The van der Waals surface area contributed by atoms with Crippen LogP contribution in [-0.4, -0.2) is 46.7 Å². The van der Waals surface area contributed by atoms with Crippen molar-refractivity contribution < 1.29 is 42.9 Å². The molecule has 2 amide bonds. The third-order valence-corrected chi connectivity index (χ3v) is 5.32. The Hall–Kier alpha value is -4.10. The minimum absolute atomic E-state index is 0.00336. The molecule has 0 unspecified atom stereocenters. The number of halogens is 2. The summed E-state index contributed by atoms with van der Waals surface area (Å²) < 4.78 is 38.7. The Morgan fingerprint density at radius 1 is 1.14 bits per heavy atom. The molecule has 0 fully saturated rings. The number of aromatic nitrogens is 1. The molecule has 0 bridgehead atoms. The Morgan fingerprint density at radius 3 is 2.60 bits per heavy atom. The molecule has 1 heterocycles. The molecule has 3 rings (SSSR count). The lowest BCUT2D eigenvalue weighted by atomic mass is 10.0. The van der Waals surface area contributed by atoms with Gasteiger partial charge in [-0.2, -0.15) is 0 Å². The van der Waals surface area contributed by atoms with Crippen LogP contribution in [0, 0.1) is 17.6 Å². The predicted molar refractivity (Wildman–Crippen MR) is 121 cm³/mol. The lowest BCUT2D eigenvalue weighted by Gasteiger charge is -2.15. The first kappa shape index (κ1) is 25.5. The van der Waals surface area contributed by atoms with Crippen molar-refractivity contribution in [2.45, 2.75) is 6.42 Å². The molecule has 3 aromatic rings. The van der Waals surface area contributed by atoms with E-state index in [1.165, 1.54) is 30.7 Å². The van der Waals surface area contributed by atoms with E-state index in [1.807, 2.05) is 0 Å². The highest BCUT2D eigenvalue weighted by atomic mass is 32.1. The average Bonchev–Trinajstić information content (AvgIpc) is 3.28. The van der Waals surface area contributed by atoms with Gasteiger partial charge in [-0.3, -0.25) is 14.9 Å². The first-order valence-corrected chi connectivity index (χ1v) is 10.8. The molecule has 1 aromatic heterocycles. The van der Waals surface area contributed by atoms with Crippen LogP contribution in [0.4, 0.5) is 24.4 Å². The summed E-state index contributed by atoms with van der Waals surface area (Å²) >= 11 is 0.891. The highest BCUT2D eigenvalue weighted by molar-refractivity contribution is 7.14. The normalized spacial score (nSPS) is 11.4. The number of benzene rings is 2. The number of carbonyl (C=O) groups excluding carboxylic acids is 2. The number of ether oxygens (including phenoxy) is 2. The molecule has 10 nitrogen and oxygen atoms in total. The van der Waals surface area contributed by atoms with Crippen LogP contribution in [0.15, 0.2) is 41.8 Å². The first-order chi connectivity index (χ1) is 16.7. The van der Waals surface area contributed by atoms with Crippen molar-refractivity contribution in [1.29, 1.82) is 0 Å². The third-order valence-electron chi connectivity index (χ3n) is 4.56. The molecule has 35 heavy (non-hydrogen) atoms. The molecule has 0 aliphatic rings. The number of nitrogens with zero attached hydrogens (tertiary/aromatic N) is 1. The van der Waals surface area contributed by atoms with Crippen LogP contribution in [0.2, 0.25) is 0 Å². The Labute approximate surface area is 201 Å². The fourth-order valence-corrected chi connectivity index (χ4v) is 3.53. The van der Waals surface area contributed by atoms with E-state index in [4.69, 9.17) is 19.7 Å². The number of urea groups is 1. The largest absolute Gasteiger partial charge is 0.493 e. The zero-order valence-corrected chi connectivity index (χ0v) is 18.9. The molecule has 0 aliphatic heterocycles. The SMILES string of the molecule is COc1cccc(F)c1Oc1ccc(F)cc1NC(=O)Nc1nc(C(=O)C[C@H](CO)C(=O)O)cs1. The molecule has 2 aromatic carbocycles. The number of hydrogen-bond acceptors (Lipinski definition) is 8. The maximum atomic E-state index is 14.2. The van der Waals surface area contributed by atoms with Gasteiger partial charge in [0.25, 0.3) is 0 Å². The van der Waals surface area contributed by atoms with Gasteiger partial charge in [-0.25, -0.2) is 18.6 Å². The van der Waals surface area contributed by atoms with Gasteiger partial charge >= 0.3 is 12.0 Å². The number of ketones is 1. The number of para-hydroxylation sites is 1. The number of methoxy groups -OCH3 is 1. The number of carboxylic acid groups (broad SMARTS) is 1. The first-order valence-electron chi connectivity index (χ1n) is 9.92. The van der Waals surface area contributed by atoms with E-state index in [2.05, 4.69) is 15.6 Å². The number of anilines is 2. The maximum Gasteiger partial charge on any atom is 0.325 e. The molecular formula is C22H19F2N3O7S. The quantitative estimate of drug-likeness (QED) is 0.300. The summed E-state index contributed by atoms with van der Waals surface area (Å²) in [6, 6.07) is 6.35. The van der Waals surface area contributed by atoms with E-state index >= 15 is 0 Å². The van der Waals surface area contributed by atoms with Crippen LogP contribution in [0.5, 0.6) is 17.2 Å². The number of nitrogens with one attached hydrogen (secondary N) is 2. The fraction of sp³-hybridized carbons (Fsp3) is 0.182. The zero-order chi connectivity index (χ0) is 25.5. The molecule has 0 spiro atoms. The van der Waals surface area contributed by atoms with Crippen molar-refractivity contribution >= 4 is 39.9 Å². The van der Waals surface area contributed by atoms with Crippen LogP contribution in [0.3, 0.4) is 0 Å². The third kappa shape index (κ3) is 6.49. The Kier molecular flexibility index (Phi) is 8.28. The van der Waals surface area contributed by atoms with E-state index in [0.717, 1.165) is 29.5 Å². The van der Waals surface area contributed by atoms with Gasteiger partial charge < -0.3 is 25.0 Å². The second kappa shape index (κ2) is 11.4. The van der Waals surface area contributed by atoms with Gasteiger partial charge in [0.05, 0.1) is 25.3 Å². The van der Waals surface area contributed by atoms with Gasteiger partial charge in [0.2, 0.25) is 5.75 Å². The number of carboxylic acids is 1. The van der Waals surface area contributed by atoms with Crippen LogP contribution in [0.25, 0.3) is 0 Å². The number of rotatable bonds is 10. The molecule has 0 saturated carbocycles. The standard InChI is InChI=1S/C22H19F2N3O7S/c1-33-18-4-2-3-13(24)19(18)34-17-6-5-12(23)8-14(17)25-21(32)27-22-26-15(10-35-22)16(29)7-11(9-28)20(30)31/h2-6,8,10-11,28H,7,9H2,1H3,(H,30,31)(H2,25,26,27,32)/t11-/m1/s1. The number of aliphatic hydroxyl groups is 1. The maximum absolute atomic E-state index is 14.2. The van der Waals surface area contributed by atoms with Crippen molar-refractivity contribution in [3.05, 3.63) is 59.1 Å². The summed E-state index contributed by atoms with van der Waals surface area (Å²) in [6.45, 7) is -0.713. The number of carbonyl (C=O) groups is 3. The Morgan fingerprint density at radius 2 is 1.91 bits per heavy atom. The molecule has 13 heteroatoms. The zero-order valence-electron chi connectivity index (χ0n) is 18.1. The molecule has 0 aliphatic carbocycles. The van der Waals surface area contributed by atoms with Gasteiger partial charge in [-0.1, -0.05) is 6.07 Å². The number of amides is 2. The van der Waals surface area contributed by atoms with Crippen molar-refractivity contribution in [2.24, 2.45) is 5.92 Å². The number of thiazole rings is 1. The molecule has 4 N–H and O–H groups in total. The van der Waals surface area contributed by atoms with Crippen LogP contribution in [0.1, 0.15) is 16.9 Å². The highest BCUT2D eigenvalue weighted by Crippen LogP contribution is 2.37. The van der Waals surface area contributed by atoms with Crippen LogP contribution >= 0.6 is 11.3 Å². The summed E-state index contributed by atoms with van der Waals surface area (Å²) in [7, 11) is 1.32. The van der Waals surface area contributed by atoms with Gasteiger partial charge in [0.15, 0.2) is 28.2 Å². The van der Waals surface area contributed by atoms with E-state index in [9.17, 15) is 23.2 Å². The molecule has 0 radical (unpaired) electrons. The summed E-state index contributed by atoms with van der Waals surface area (Å²) in [4.78, 5) is 39.6. The van der Waals surface area contributed by atoms with E-state index < -0.39 is 48.4 Å². The lowest BCUT2D eigenvalue weighted by Crippen LogP contribution is -2.22. The molecule has 184 valence electrons. The second-order valence-electron chi connectivity index (χ2n) is 6.98. The van der Waals surface area contributed by atoms with Crippen molar-refractivity contribution in [1.82, 2.24) is 4.98 Å².